The lowest BCUT2D eigenvalue weighted by molar-refractivity contribution is 0.0126. The first kappa shape index (κ1) is 16.6. The molecular formula is C13H17ClN2O3S2. The Morgan fingerprint density at radius 2 is 2.00 bits per heavy atom. The standard InChI is InChI=1S/C13H17ClN2O3S2/c1-13(17)4-6-16(7-5-13)21(18,19)11-3-2-9(12(15)20)8-10(11)14/h2-3,8,17H,4-7H2,1H3,(H2,15,20). The molecule has 0 unspecified atom stereocenters. The van der Waals surface area contributed by atoms with Crippen LogP contribution in [0.2, 0.25) is 5.02 Å². The van der Waals surface area contributed by atoms with E-state index in [4.69, 9.17) is 29.6 Å². The zero-order valence-electron chi connectivity index (χ0n) is 11.5. The second-order valence-corrected chi connectivity index (χ2v) is 8.16. The van der Waals surface area contributed by atoms with E-state index in [1.807, 2.05) is 0 Å². The molecule has 1 aliphatic rings. The number of hydrogen-bond donors (Lipinski definition) is 2. The Kier molecular flexibility index (Phi) is 4.60. The van der Waals surface area contributed by atoms with Crippen molar-refractivity contribution in [3.05, 3.63) is 28.8 Å². The fraction of sp³-hybridized carbons (Fsp3) is 0.462. The maximum absolute atomic E-state index is 12.6. The summed E-state index contributed by atoms with van der Waals surface area (Å²) in [6.45, 7) is 2.24. The second-order valence-electron chi connectivity index (χ2n) is 5.41. The van der Waals surface area contributed by atoms with Gasteiger partial charge in [-0.2, -0.15) is 4.31 Å². The minimum Gasteiger partial charge on any atom is -0.390 e. The zero-order chi connectivity index (χ0) is 15.8. The van der Waals surface area contributed by atoms with Crippen molar-refractivity contribution >= 4 is 38.8 Å². The largest absolute Gasteiger partial charge is 0.390 e. The molecule has 0 bridgehead atoms. The highest BCUT2D eigenvalue weighted by atomic mass is 35.5. The van der Waals surface area contributed by atoms with Crippen molar-refractivity contribution < 1.29 is 13.5 Å². The second kappa shape index (κ2) is 5.81. The Morgan fingerprint density at radius 3 is 2.48 bits per heavy atom. The minimum absolute atomic E-state index is 0.0331. The number of hydrogen-bond acceptors (Lipinski definition) is 4. The molecule has 1 aliphatic heterocycles. The smallest absolute Gasteiger partial charge is 0.244 e. The van der Waals surface area contributed by atoms with Gasteiger partial charge in [0.2, 0.25) is 10.0 Å². The summed E-state index contributed by atoms with van der Waals surface area (Å²) in [6.07, 6.45) is 0.795. The quantitative estimate of drug-likeness (QED) is 0.809. The van der Waals surface area contributed by atoms with E-state index in [1.165, 1.54) is 16.4 Å². The molecule has 0 atom stereocenters. The van der Waals surface area contributed by atoms with Gasteiger partial charge in [0.05, 0.1) is 10.6 Å². The molecule has 1 aromatic carbocycles. The van der Waals surface area contributed by atoms with Crippen LogP contribution in [0.4, 0.5) is 0 Å². The van der Waals surface area contributed by atoms with Gasteiger partial charge in [0.1, 0.15) is 9.88 Å². The van der Waals surface area contributed by atoms with Gasteiger partial charge in [0.25, 0.3) is 0 Å². The maximum Gasteiger partial charge on any atom is 0.244 e. The summed E-state index contributed by atoms with van der Waals surface area (Å²) in [7, 11) is -3.68. The Bertz CT molecular complexity index is 664. The Hall–Kier alpha value is -0.730. The van der Waals surface area contributed by atoms with Crippen LogP contribution in [0.15, 0.2) is 23.1 Å². The summed E-state index contributed by atoms with van der Waals surface area (Å²) in [4.78, 5) is 0.195. The van der Waals surface area contributed by atoms with Crippen LogP contribution in [-0.2, 0) is 10.0 Å². The predicted octanol–water partition coefficient (Wildman–Crippen LogP) is 1.51. The normalized spacial score (nSPS) is 19.4. The SMILES string of the molecule is CC1(O)CCN(S(=O)(=O)c2ccc(C(N)=S)cc2Cl)CC1. The third-order valence-corrected chi connectivity index (χ3v) is 6.25. The van der Waals surface area contributed by atoms with E-state index in [-0.39, 0.29) is 28.0 Å². The molecule has 5 nitrogen and oxygen atoms in total. The molecule has 0 aliphatic carbocycles. The molecule has 0 spiro atoms. The van der Waals surface area contributed by atoms with Crippen molar-refractivity contribution in [1.82, 2.24) is 4.31 Å². The average molecular weight is 349 g/mol. The number of thiocarbonyl (C=S) groups is 1. The molecule has 8 heteroatoms. The Balaban J connectivity index is 2.30. The Labute approximate surface area is 134 Å². The van der Waals surface area contributed by atoms with Crippen LogP contribution < -0.4 is 5.73 Å². The van der Waals surface area contributed by atoms with Gasteiger partial charge in [0, 0.05) is 18.7 Å². The fourth-order valence-electron chi connectivity index (χ4n) is 2.21. The molecule has 0 aromatic heterocycles. The van der Waals surface area contributed by atoms with E-state index < -0.39 is 15.6 Å². The van der Waals surface area contributed by atoms with Crippen molar-refractivity contribution in [2.45, 2.75) is 30.3 Å². The van der Waals surface area contributed by atoms with Gasteiger partial charge in [-0.25, -0.2) is 8.42 Å². The van der Waals surface area contributed by atoms with Crippen LogP contribution >= 0.6 is 23.8 Å². The zero-order valence-corrected chi connectivity index (χ0v) is 13.9. The molecule has 1 saturated heterocycles. The maximum atomic E-state index is 12.6. The monoisotopic (exact) mass is 348 g/mol. The first-order chi connectivity index (χ1) is 9.63. The van der Waals surface area contributed by atoms with Crippen LogP contribution in [0.1, 0.15) is 25.3 Å². The highest BCUT2D eigenvalue weighted by molar-refractivity contribution is 7.89. The third-order valence-electron chi connectivity index (χ3n) is 3.63. The molecule has 1 heterocycles. The van der Waals surface area contributed by atoms with E-state index in [1.54, 1.807) is 13.0 Å². The number of rotatable bonds is 3. The number of nitrogens with two attached hydrogens (primary N) is 1. The van der Waals surface area contributed by atoms with Crippen LogP contribution in [0.25, 0.3) is 0 Å². The number of piperidine rings is 1. The first-order valence-corrected chi connectivity index (χ1v) is 8.68. The number of halogens is 1. The topological polar surface area (TPSA) is 83.6 Å². The molecule has 116 valence electrons. The molecule has 1 fully saturated rings. The first-order valence-electron chi connectivity index (χ1n) is 6.45. The van der Waals surface area contributed by atoms with Gasteiger partial charge >= 0.3 is 0 Å². The van der Waals surface area contributed by atoms with Gasteiger partial charge in [-0.3, -0.25) is 0 Å². The van der Waals surface area contributed by atoms with Gasteiger partial charge < -0.3 is 10.8 Å². The van der Waals surface area contributed by atoms with Crippen LogP contribution in [0.3, 0.4) is 0 Å². The highest BCUT2D eigenvalue weighted by Crippen LogP contribution is 2.30. The molecule has 0 saturated carbocycles. The summed E-state index contributed by atoms with van der Waals surface area (Å²) in [5.74, 6) is 0. The van der Waals surface area contributed by atoms with Crippen LogP contribution in [-0.4, -0.2) is 41.5 Å². The summed E-state index contributed by atoms with van der Waals surface area (Å²) < 4.78 is 26.5. The van der Waals surface area contributed by atoms with Crippen molar-refractivity contribution in [2.24, 2.45) is 5.73 Å². The number of nitrogens with zero attached hydrogens (tertiary/aromatic N) is 1. The Morgan fingerprint density at radius 1 is 1.43 bits per heavy atom. The molecular weight excluding hydrogens is 332 g/mol. The highest BCUT2D eigenvalue weighted by Gasteiger charge is 2.34. The summed E-state index contributed by atoms with van der Waals surface area (Å²) in [5.41, 5.74) is 5.21. The van der Waals surface area contributed by atoms with E-state index in [0.717, 1.165) is 0 Å². The molecule has 21 heavy (non-hydrogen) atoms. The average Bonchev–Trinajstić information content (AvgIpc) is 2.37. The predicted molar refractivity (Wildman–Crippen MR) is 86.0 cm³/mol. The van der Waals surface area contributed by atoms with Crippen molar-refractivity contribution in [3.8, 4) is 0 Å². The lowest BCUT2D eigenvalue weighted by atomic mass is 9.95. The molecule has 0 radical (unpaired) electrons. The van der Waals surface area contributed by atoms with Gasteiger partial charge in [-0.1, -0.05) is 29.9 Å². The van der Waals surface area contributed by atoms with Crippen molar-refractivity contribution in [2.75, 3.05) is 13.1 Å². The summed E-state index contributed by atoms with van der Waals surface area (Å²) in [6, 6.07) is 4.41. The molecule has 1 aromatic rings. The van der Waals surface area contributed by atoms with Gasteiger partial charge in [-0.15, -0.1) is 0 Å². The lowest BCUT2D eigenvalue weighted by Crippen LogP contribution is -2.45. The molecule has 2 rings (SSSR count). The molecule has 0 amide bonds. The van der Waals surface area contributed by atoms with E-state index in [2.05, 4.69) is 0 Å². The van der Waals surface area contributed by atoms with E-state index in [0.29, 0.717) is 18.4 Å². The van der Waals surface area contributed by atoms with E-state index >= 15 is 0 Å². The van der Waals surface area contributed by atoms with Gasteiger partial charge in [0.15, 0.2) is 0 Å². The number of aliphatic hydroxyl groups is 1. The minimum atomic E-state index is -3.68. The van der Waals surface area contributed by atoms with Crippen LogP contribution in [0.5, 0.6) is 0 Å². The third kappa shape index (κ3) is 3.54. The van der Waals surface area contributed by atoms with E-state index in [9.17, 15) is 13.5 Å². The fourth-order valence-corrected chi connectivity index (χ4v) is 4.30. The summed E-state index contributed by atoms with van der Waals surface area (Å²) >= 11 is 10.9. The van der Waals surface area contributed by atoms with Crippen molar-refractivity contribution in [1.29, 1.82) is 0 Å². The lowest BCUT2D eigenvalue weighted by Gasteiger charge is -2.35. The van der Waals surface area contributed by atoms with Crippen molar-refractivity contribution in [3.63, 3.8) is 0 Å². The molecule has 3 N–H and O–H groups in total. The van der Waals surface area contributed by atoms with Gasteiger partial charge in [-0.05, 0) is 31.9 Å². The number of sulfonamides is 1. The number of benzene rings is 1. The summed E-state index contributed by atoms with van der Waals surface area (Å²) in [5, 5.41) is 10.00. The van der Waals surface area contributed by atoms with Crippen LogP contribution in [0, 0.1) is 0 Å².